The van der Waals surface area contributed by atoms with Gasteiger partial charge in [-0.15, -0.1) is 11.3 Å². The summed E-state index contributed by atoms with van der Waals surface area (Å²) in [5.74, 6) is -0.111. The number of carbonyl (C=O) groups excluding carboxylic acids is 1. The summed E-state index contributed by atoms with van der Waals surface area (Å²) in [4.78, 5) is 12.3. The van der Waals surface area contributed by atoms with E-state index in [4.69, 9.17) is 5.41 Å². The number of nitrogens with one attached hydrogen (secondary N) is 2. The Morgan fingerprint density at radius 2 is 2.22 bits per heavy atom. The van der Waals surface area contributed by atoms with E-state index in [1.54, 1.807) is 16.1 Å². The lowest BCUT2D eigenvalue weighted by atomic mass is 10.1. The van der Waals surface area contributed by atoms with E-state index in [1.807, 2.05) is 32.0 Å². The first kappa shape index (κ1) is 12.6. The topological polar surface area (TPSA) is 57.9 Å². The Morgan fingerprint density at radius 3 is 2.89 bits per heavy atom. The van der Waals surface area contributed by atoms with Crippen LogP contribution in [0, 0.1) is 19.3 Å². The zero-order valence-corrected chi connectivity index (χ0v) is 11.2. The molecule has 0 saturated heterocycles. The van der Waals surface area contributed by atoms with Crippen molar-refractivity contribution in [3.63, 3.8) is 0 Å². The van der Waals surface area contributed by atoms with E-state index in [2.05, 4.69) is 5.32 Å². The fourth-order valence-electron chi connectivity index (χ4n) is 1.64. The molecule has 0 saturated carbocycles. The van der Waals surface area contributed by atoms with Crippen LogP contribution < -0.4 is 10.1 Å². The van der Waals surface area contributed by atoms with Gasteiger partial charge in [-0.05, 0) is 31.0 Å². The number of hydrogen-bond acceptors (Lipinski definition) is 3. The van der Waals surface area contributed by atoms with E-state index in [-0.39, 0.29) is 12.5 Å². The van der Waals surface area contributed by atoms with E-state index in [0.717, 1.165) is 16.8 Å². The maximum absolute atomic E-state index is 11.9. The van der Waals surface area contributed by atoms with Gasteiger partial charge in [0, 0.05) is 17.3 Å². The van der Waals surface area contributed by atoms with E-state index in [1.165, 1.54) is 11.3 Å². The molecule has 0 aliphatic rings. The molecule has 5 heteroatoms. The van der Waals surface area contributed by atoms with Crippen LogP contribution in [0.25, 0.3) is 0 Å². The molecule has 0 aliphatic heterocycles. The lowest BCUT2D eigenvalue weighted by Gasteiger charge is -2.09. The first-order valence-electron chi connectivity index (χ1n) is 5.62. The summed E-state index contributed by atoms with van der Waals surface area (Å²) in [6, 6.07) is 5.95. The zero-order chi connectivity index (χ0) is 13.1. The van der Waals surface area contributed by atoms with Crippen molar-refractivity contribution in [2.24, 2.45) is 0 Å². The Hall–Kier alpha value is -1.88. The van der Waals surface area contributed by atoms with Crippen LogP contribution in [-0.2, 0) is 11.3 Å². The summed E-state index contributed by atoms with van der Waals surface area (Å²) in [7, 11) is 0. The lowest BCUT2D eigenvalue weighted by molar-refractivity contribution is -0.116. The average molecular weight is 261 g/mol. The number of rotatable bonds is 3. The molecule has 0 unspecified atom stereocenters. The van der Waals surface area contributed by atoms with Gasteiger partial charge in [-0.2, -0.15) is 0 Å². The number of amides is 1. The largest absolute Gasteiger partial charge is 0.324 e. The van der Waals surface area contributed by atoms with Crippen molar-refractivity contribution in [1.29, 1.82) is 5.41 Å². The Bertz CT molecular complexity index is 627. The molecule has 1 aromatic heterocycles. The molecule has 0 radical (unpaired) electrons. The summed E-state index contributed by atoms with van der Waals surface area (Å²) in [6.45, 7) is 4.13. The smallest absolute Gasteiger partial charge is 0.244 e. The lowest BCUT2D eigenvalue weighted by Crippen LogP contribution is -2.24. The molecule has 94 valence electrons. The third-order valence-electron chi connectivity index (χ3n) is 2.66. The van der Waals surface area contributed by atoms with Gasteiger partial charge in [-0.25, -0.2) is 0 Å². The molecular weight excluding hydrogens is 246 g/mol. The molecule has 1 heterocycles. The zero-order valence-electron chi connectivity index (χ0n) is 10.4. The summed E-state index contributed by atoms with van der Waals surface area (Å²) in [6.07, 6.45) is 1.75. The summed E-state index contributed by atoms with van der Waals surface area (Å²) in [5.41, 5.74) is 2.98. The van der Waals surface area contributed by atoms with Crippen LogP contribution in [0.5, 0.6) is 0 Å². The molecule has 2 N–H and O–H groups in total. The Balaban J connectivity index is 2.10. The van der Waals surface area contributed by atoms with Gasteiger partial charge in [-0.3, -0.25) is 10.2 Å². The van der Waals surface area contributed by atoms with Crippen molar-refractivity contribution >= 4 is 22.9 Å². The minimum absolute atomic E-state index is 0.111. The van der Waals surface area contributed by atoms with Gasteiger partial charge in [0.2, 0.25) is 5.91 Å². The highest BCUT2D eigenvalue weighted by molar-refractivity contribution is 7.06. The van der Waals surface area contributed by atoms with Crippen LogP contribution in [-0.4, -0.2) is 10.5 Å². The highest BCUT2D eigenvalue weighted by Crippen LogP contribution is 2.16. The van der Waals surface area contributed by atoms with E-state index >= 15 is 0 Å². The second-order valence-corrected chi connectivity index (χ2v) is 5.10. The standard InChI is InChI=1S/C13H15N3OS/c1-9-3-4-10(2)11(7-9)15-12(17)8-16-5-6-18-13(16)14/h3-7,14H,8H2,1-2H3,(H,15,17). The van der Waals surface area contributed by atoms with E-state index < -0.39 is 0 Å². The number of hydrogen-bond donors (Lipinski definition) is 2. The van der Waals surface area contributed by atoms with Gasteiger partial charge >= 0.3 is 0 Å². The van der Waals surface area contributed by atoms with Crippen molar-refractivity contribution in [2.45, 2.75) is 20.4 Å². The molecule has 0 bridgehead atoms. The molecule has 0 spiro atoms. The molecule has 4 nitrogen and oxygen atoms in total. The molecule has 1 aromatic carbocycles. The van der Waals surface area contributed by atoms with Crippen LogP contribution in [0.3, 0.4) is 0 Å². The first-order chi connectivity index (χ1) is 8.56. The number of benzene rings is 1. The van der Waals surface area contributed by atoms with Crippen molar-refractivity contribution in [2.75, 3.05) is 5.32 Å². The maximum Gasteiger partial charge on any atom is 0.244 e. The fourth-order valence-corrected chi connectivity index (χ4v) is 2.24. The number of anilines is 1. The Kier molecular flexibility index (Phi) is 3.62. The second kappa shape index (κ2) is 5.18. The van der Waals surface area contributed by atoms with E-state index in [0.29, 0.717) is 4.80 Å². The molecule has 2 rings (SSSR count). The summed E-state index contributed by atoms with van der Waals surface area (Å²) < 4.78 is 1.62. The van der Waals surface area contributed by atoms with Gasteiger partial charge in [-0.1, -0.05) is 12.1 Å². The summed E-state index contributed by atoms with van der Waals surface area (Å²) >= 11 is 1.31. The Morgan fingerprint density at radius 1 is 1.44 bits per heavy atom. The molecule has 1 amide bonds. The van der Waals surface area contributed by atoms with Gasteiger partial charge in [0.15, 0.2) is 4.80 Å². The number of thiazole rings is 1. The average Bonchev–Trinajstić information content (AvgIpc) is 2.70. The maximum atomic E-state index is 11.9. The molecule has 0 aliphatic carbocycles. The van der Waals surface area contributed by atoms with Crippen molar-refractivity contribution in [3.05, 3.63) is 45.7 Å². The van der Waals surface area contributed by atoms with Gasteiger partial charge < -0.3 is 9.88 Å². The van der Waals surface area contributed by atoms with Gasteiger partial charge in [0.05, 0.1) is 0 Å². The predicted octanol–water partition coefficient (Wildman–Crippen LogP) is 2.28. The van der Waals surface area contributed by atoms with Crippen LogP contribution in [0.1, 0.15) is 11.1 Å². The highest BCUT2D eigenvalue weighted by atomic mass is 32.1. The second-order valence-electron chi connectivity index (χ2n) is 4.20. The molecular formula is C13H15N3OS. The fraction of sp³-hybridized carbons (Fsp3) is 0.231. The van der Waals surface area contributed by atoms with Crippen molar-refractivity contribution in [3.8, 4) is 0 Å². The third kappa shape index (κ3) is 2.87. The minimum atomic E-state index is -0.111. The van der Waals surface area contributed by atoms with E-state index in [9.17, 15) is 4.79 Å². The third-order valence-corrected chi connectivity index (χ3v) is 3.38. The van der Waals surface area contributed by atoms with Crippen LogP contribution in [0.15, 0.2) is 29.8 Å². The molecule has 0 fully saturated rings. The number of aryl methyl sites for hydroxylation is 2. The SMILES string of the molecule is Cc1ccc(C)c(NC(=O)Cn2ccsc2=N)c1. The normalized spacial score (nSPS) is 10.3. The molecule has 18 heavy (non-hydrogen) atoms. The predicted molar refractivity (Wildman–Crippen MR) is 72.7 cm³/mol. The number of nitrogens with zero attached hydrogens (tertiary/aromatic N) is 1. The molecule has 0 atom stereocenters. The first-order valence-corrected chi connectivity index (χ1v) is 6.50. The van der Waals surface area contributed by atoms with Crippen LogP contribution in [0.2, 0.25) is 0 Å². The highest BCUT2D eigenvalue weighted by Gasteiger charge is 2.06. The number of carbonyl (C=O) groups is 1. The van der Waals surface area contributed by atoms with Crippen molar-refractivity contribution in [1.82, 2.24) is 4.57 Å². The quantitative estimate of drug-likeness (QED) is 0.875. The number of aromatic nitrogens is 1. The van der Waals surface area contributed by atoms with Gasteiger partial charge in [0.25, 0.3) is 0 Å². The molecule has 2 aromatic rings. The monoisotopic (exact) mass is 261 g/mol. The van der Waals surface area contributed by atoms with Gasteiger partial charge in [0.1, 0.15) is 6.54 Å². The summed E-state index contributed by atoms with van der Waals surface area (Å²) in [5, 5.41) is 12.3. The van der Waals surface area contributed by atoms with Crippen molar-refractivity contribution < 1.29 is 4.79 Å². The Labute approximate surface area is 109 Å². The van der Waals surface area contributed by atoms with Crippen LogP contribution >= 0.6 is 11.3 Å². The van der Waals surface area contributed by atoms with Crippen LogP contribution in [0.4, 0.5) is 5.69 Å². The minimum Gasteiger partial charge on any atom is -0.324 e.